The Bertz CT molecular complexity index is 1260. The molecule has 4 rings (SSSR count). The van der Waals surface area contributed by atoms with Crippen molar-refractivity contribution in [1.29, 1.82) is 0 Å². The summed E-state index contributed by atoms with van der Waals surface area (Å²) in [6, 6.07) is 16.7. The summed E-state index contributed by atoms with van der Waals surface area (Å²) in [5, 5.41) is 12.0. The Balaban J connectivity index is 1.74. The molecule has 0 aliphatic carbocycles. The number of fused-ring (bicyclic) bond motifs is 2. The molecule has 2 aromatic carbocycles. The van der Waals surface area contributed by atoms with Crippen molar-refractivity contribution in [2.24, 2.45) is 0 Å². The molecule has 2 aromatic rings. The van der Waals surface area contributed by atoms with Crippen molar-refractivity contribution in [3.63, 3.8) is 0 Å². The van der Waals surface area contributed by atoms with Crippen molar-refractivity contribution >= 4 is 17.1 Å². The third kappa shape index (κ3) is 3.69. The predicted octanol–water partition coefficient (Wildman–Crippen LogP) is 6.50. The van der Waals surface area contributed by atoms with E-state index in [0.29, 0.717) is 0 Å². The normalized spacial score (nSPS) is 19.8. The highest BCUT2D eigenvalue weighted by molar-refractivity contribution is 6.03. The van der Waals surface area contributed by atoms with Gasteiger partial charge in [-0.15, -0.1) is 0 Å². The minimum absolute atomic E-state index is 0.0746. The lowest BCUT2D eigenvalue weighted by Gasteiger charge is -2.25. The molecule has 2 aliphatic rings. The number of benzene rings is 2. The third-order valence-electron chi connectivity index (χ3n) is 7.27. The summed E-state index contributed by atoms with van der Waals surface area (Å²) in [6.07, 6.45) is 7.13. The van der Waals surface area contributed by atoms with E-state index >= 15 is 0 Å². The van der Waals surface area contributed by atoms with Gasteiger partial charge in [0.1, 0.15) is 6.54 Å². The highest BCUT2D eigenvalue weighted by Gasteiger charge is 2.43. The van der Waals surface area contributed by atoms with Gasteiger partial charge in [-0.1, -0.05) is 50.2 Å². The Morgan fingerprint density at radius 3 is 2.29 bits per heavy atom. The molecule has 0 spiro atoms. The van der Waals surface area contributed by atoms with Crippen LogP contribution in [-0.4, -0.2) is 28.3 Å². The average molecular weight is 457 g/mol. The third-order valence-corrected chi connectivity index (χ3v) is 7.27. The SMILES string of the molecule is CCN1\C(=C/C=C(\C=C\C2=[N+](CC)c3ccccc3C2(C)C)[N+](=O)[O-])C(C)(C)c2ccccc21. The van der Waals surface area contributed by atoms with Crippen LogP contribution in [0.25, 0.3) is 0 Å². The Morgan fingerprint density at radius 1 is 1.00 bits per heavy atom. The van der Waals surface area contributed by atoms with Crippen molar-refractivity contribution < 1.29 is 9.50 Å². The molecule has 0 bridgehead atoms. The fraction of sp³-hybridized carbons (Fsp3) is 0.345. The van der Waals surface area contributed by atoms with Crippen molar-refractivity contribution in [3.8, 4) is 0 Å². The number of nitrogens with zero attached hydrogens (tertiary/aromatic N) is 3. The van der Waals surface area contributed by atoms with Crippen molar-refractivity contribution in [1.82, 2.24) is 0 Å². The fourth-order valence-electron chi connectivity index (χ4n) is 5.47. The summed E-state index contributed by atoms with van der Waals surface area (Å²) >= 11 is 0. The number of anilines is 1. The first kappa shape index (κ1) is 23.7. The Kier molecular flexibility index (Phi) is 6.07. The van der Waals surface area contributed by atoms with Crippen LogP contribution in [0.4, 0.5) is 11.4 Å². The zero-order valence-electron chi connectivity index (χ0n) is 21.0. The van der Waals surface area contributed by atoms with Gasteiger partial charge in [-0.3, -0.25) is 10.1 Å². The van der Waals surface area contributed by atoms with E-state index in [1.165, 1.54) is 22.5 Å². The van der Waals surface area contributed by atoms with E-state index in [2.05, 4.69) is 87.4 Å². The molecule has 0 saturated carbocycles. The standard InChI is InChI=1S/C29H34N3O2/c1-7-30-24-15-11-9-13-22(24)28(3,4)26(30)19-17-21(32(33)34)18-20-27-29(5,6)23-14-10-12-16-25(23)31(27)8-2/h9-20H,7-8H2,1-6H3/q+1. The largest absolute Gasteiger partial charge is 0.344 e. The van der Waals surface area contributed by atoms with E-state index in [4.69, 9.17) is 0 Å². The van der Waals surface area contributed by atoms with Crippen LogP contribution in [0.3, 0.4) is 0 Å². The number of likely N-dealkylation sites (N-methyl/N-ethyl adjacent to an activating group) is 1. The molecule has 2 aliphatic heterocycles. The quantitative estimate of drug-likeness (QED) is 0.216. The smallest absolute Gasteiger partial charge is 0.269 e. The van der Waals surface area contributed by atoms with Crippen LogP contribution in [0.15, 0.2) is 84.2 Å². The van der Waals surface area contributed by atoms with Gasteiger partial charge in [0.2, 0.25) is 5.69 Å². The second kappa shape index (κ2) is 8.71. The first-order chi connectivity index (χ1) is 16.1. The van der Waals surface area contributed by atoms with Gasteiger partial charge in [-0.2, -0.15) is 4.58 Å². The number of allylic oxidation sites excluding steroid dienone is 5. The molecule has 2 heterocycles. The van der Waals surface area contributed by atoms with E-state index in [-0.39, 0.29) is 21.5 Å². The molecule has 0 atom stereocenters. The summed E-state index contributed by atoms with van der Waals surface area (Å²) in [4.78, 5) is 13.9. The van der Waals surface area contributed by atoms with E-state index in [0.717, 1.165) is 24.5 Å². The molecular formula is C29H34N3O2+. The number of nitro groups is 1. The molecule has 176 valence electrons. The maximum Gasteiger partial charge on any atom is 0.269 e. The highest BCUT2D eigenvalue weighted by Crippen LogP contribution is 2.47. The molecule has 0 unspecified atom stereocenters. The number of hydrogen-bond donors (Lipinski definition) is 0. The van der Waals surface area contributed by atoms with Gasteiger partial charge in [0, 0.05) is 53.2 Å². The van der Waals surface area contributed by atoms with Gasteiger partial charge < -0.3 is 4.90 Å². The summed E-state index contributed by atoms with van der Waals surface area (Å²) < 4.78 is 2.25. The van der Waals surface area contributed by atoms with Crippen molar-refractivity contribution in [3.05, 3.63) is 105 Å². The number of para-hydroxylation sites is 2. The first-order valence-electron chi connectivity index (χ1n) is 12.0. The second-order valence-corrected chi connectivity index (χ2v) is 9.89. The van der Waals surface area contributed by atoms with Gasteiger partial charge in [-0.05, 0) is 45.4 Å². The summed E-state index contributed by atoms with van der Waals surface area (Å²) in [5.74, 6) is 0. The zero-order valence-corrected chi connectivity index (χ0v) is 21.0. The van der Waals surface area contributed by atoms with Gasteiger partial charge in [0.05, 0.1) is 10.3 Å². The Hall–Kier alpha value is -3.47. The average Bonchev–Trinajstić information content (AvgIpc) is 3.17. The second-order valence-electron chi connectivity index (χ2n) is 9.89. The van der Waals surface area contributed by atoms with Crippen LogP contribution < -0.4 is 4.90 Å². The maximum atomic E-state index is 12.0. The van der Waals surface area contributed by atoms with Gasteiger partial charge in [0.25, 0.3) is 5.70 Å². The van der Waals surface area contributed by atoms with Gasteiger partial charge >= 0.3 is 0 Å². The first-order valence-corrected chi connectivity index (χ1v) is 12.0. The fourth-order valence-corrected chi connectivity index (χ4v) is 5.47. The molecule has 0 radical (unpaired) electrons. The molecule has 34 heavy (non-hydrogen) atoms. The minimum atomic E-state index is -0.301. The van der Waals surface area contributed by atoms with Crippen LogP contribution in [0.1, 0.15) is 52.7 Å². The lowest BCUT2D eigenvalue weighted by atomic mass is 9.81. The molecule has 0 aromatic heterocycles. The van der Waals surface area contributed by atoms with Crippen molar-refractivity contribution in [2.45, 2.75) is 52.4 Å². The summed E-state index contributed by atoms with van der Waals surface area (Å²) in [7, 11) is 0. The minimum Gasteiger partial charge on any atom is -0.344 e. The van der Waals surface area contributed by atoms with Crippen molar-refractivity contribution in [2.75, 3.05) is 18.0 Å². The van der Waals surface area contributed by atoms with Crippen LogP contribution in [0.2, 0.25) is 0 Å². The Labute approximate surface area is 202 Å². The summed E-state index contributed by atoms with van der Waals surface area (Å²) in [6.45, 7) is 14.5. The topological polar surface area (TPSA) is 49.4 Å². The van der Waals surface area contributed by atoms with Gasteiger partial charge in [-0.25, -0.2) is 0 Å². The number of rotatable bonds is 6. The highest BCUT2D eigenvalue weighted by atomic mass is 16.6. The monoisotopic (exact) mass is 456 g/mol. The van der Waals surface area contributed by atoms with E-state index < -0.39 is 0 Å². The molecule has 0 N–H and O–H groups in total. The molecular weight excluding hydrogens is 422 g/mol. The van der Waals surface area contributed by atoms with E-state index in [1.54, 1.807) is 12.2 Å². The lowest BCUT2D eigenvalue weighted by molar-refractivity contribution is -0.433. The van der Waals surface area contributed by atoms with Crippen LogP contribution in [0.5, 0.6) is 0 Å². The predicted molar refractivity (Wildman–Crippen MR) is 140 cm³/mol. The zero-order chi connectivity index (χ0) is 24.7. The van der Waals surface area contributed by atoms with Crippen LogP contribution in [0, 0.1) is 10.1 Å². The van der Waals surface area contributed by atoms with Crippen LogP contribution >= 0.6 is 0 Å². The van der Waals surface area contributed by atoms with E-state index in [9.17, 15) is 10.1 Å². The van der Waals surface area contributed by atoms with Gasteiger partial charge in [0.15, 0.2) is 5.71 Å². The molecule has 5 nitrogen and oxygen atoms in total. The molecule has 0 amide bonds. The Morgan fingerprint density at radius 2 is 1.65 bits per heavy atom. The molecule has 5 heteroatoms. The lowest BCUT2D eigenvalue weighted by Crippen LogP contribution is -2.27. The molecule has 0 saturated heterocycles. The maximum absolute atomic E-state index is 12.0. The van der Waals surface area contributed by atoms with Crippen LogP contribution in [-0.2, 0) is 10.8 Å². The number of hydrogen-bond acceptors (Lipinski definition) is 3. The summed E-state index contributed by atoms with van der Waals surface area (Å²) in [5.41, 5.74) is 6.60. The molecule has 0 fully saturated rings. The van der Waals surface area contributed by atoms with E-state index in [1.807, 2.05) is 24.3 Å².